The van der Waals surface area contributed by atoms with Crippen molar-refractivity contribution in [2.45, 2.75) is 6.92 Å². The van der Waals surface area contributed by atoms with E-state index in [9.17, 15) is 0 Å². The van der Waals surface area contributed by atoms with Crippen molar-refractivity contribution in [1.82, 2.24) is 9.55 Å². The third kappa shape index (κ3) is 1.73. The lowest BCUT2D eigenvalue weighted by molar-refractivity contribution is 1.06. The molecule has 0 N–H and O–H groups in total. The molecule has 0 spiro atoms. The molecule has 3 heteroatoms. The van der Waals surface area contributed by atoms with Crippen LogP contribution in [0.1, 0.15) is 5.69 Å². The number of hydrogen-bond donors (Lipinski definition) is 0. The number of aromatic nitrogens is 2. The van der Waals surface area contributed by atoms with E-state index in [-0.39, 0.29) is 0 Å². The number of benzene rings is 1. The Morgan fingerprint density at radius 3 is 2.85 bits per heavy atom. The van der Waals surface area contributed by atoms with Gasteiger partial charge in [0.25, 0.3) is 0 Å². The van der Waals surface area contributed by atoms with Crippen LogP contribution in [0.25, 0.3) is 5.69 Å². The Bertz CT molecular complexity index is 403. The van der Waals surface area contributed by atoms with E-state index in [0.29, 0.717) is 5.02 Å². The molecule has 0 aliphatic rings. The number of aryl methyl sites for hydroxylation is 1. The number of halogens is 1. The van der Waals surface area contributed by atoms with Crippen LogP contribution in [0.2, 0.25) is 5.02 Å². The van der Waals surface area contributed by atoms with Gasteiger partial charge < -0.3 is 4.57 Å². The van der Waals surface area contributed by atoms with Crippen LogP contribution in [0.15, 0.2) is 30.7 Å². The molecule has 1 heterocycles. The first-order valence-electron chi connectivity index (χ1n) is 3.94. The van der Waals surface area contributed by atoms with Gasteiger partial charge in [-0.3, -0.25) is 0 Å². The van der Waals surface area contributed by atoms with Crippen LogP contribution >= 0.6 is 11.6 Å². The highest BCUT2D eigenvalue weighted by molar-refractivity contribution is 6.30. The van der Waals surface area contributed by atoms with Crippen molar-refractivity contribution >= 4 is 11.6 Å². The van der Waals surface area contributed by atoms with Crippen LogP contribution < -0.4 is 0 Å². The van der Waals surface area contributed by atoms with Gasteiger partial charge in [-0.25, -0.2) is 4.98 Å². The van der Waals surface area contributed by atoms with Gasteiger partial charge in [-0.05, 0) is 25.1 Å². The van der Waals surface area contributed by atoms with Crippen molar-refractivity contribution < 1.29 is 0 Å². The predicted octanol–water partition coefficient (Wildman–Crippen LogP) is 2.63. The van der Waals surface area contributed by atoms with Crippen LogP contribution in [0, 0.1) is 13.0 Å². The number of hydrogen-bond acceptors (Lipinski definition) is 1. The van der Waals surface area contributed by atoms with Crippen LogP contribution in [-0.4, -0.2) is 9.55 Å². The van der Waals surface area contributed by atoms with Gasteiger partial charge >= 0.3 is 0 Å². The molecule has 0 unspecified atom stereocenters. The van der Waals surface area contributed by atoms with Crippen molar-refractivity contribution in [2.75, 3.05) is 0 Å². The van der Waals surface area contributed by atoms with E-state index < -0.39 is 0 Å². The molecular formula is C10H8ClN2. The van der Waals surface area contributed by atoms with Gasteiger partial charge in [-0.15, -0.1) is 0 Å². The predicted molar refractivity (Wildman–Crippen MR) is 52.1 cm³/mol. The lowest BCUT2D eigenvalue weighted by Gasteiger charge is -1.99. The fourth-order valence-corrected chi connectivity index (χ4v) is 1.24. The summed E-state index contributed by atoms with van der Waals surface area (Å²) in [5, 5.41) is 0.626. The SMILES string of the molecule is Cc1cn(-c2c[c]c(Cl)cc2)cn1. The minimum absolute atomic E-state index is 0.626. The Morgan fingerprint density at radius 1 is 1.46 bits per heavy atom. The van der Waals surface area contributed by atoms with Gasteiger partial charge in [0.2, 0.25) is 0 Å². The second-order valence-electron chi connectivity index (χ2n) is 2.82. The average molecular weight is 192 g/mol. The fourth-order valence-electron chi connectivity index (χ4n) is 1.12. The summed E-state index contributed by atoms with van der Waals surface area (Å²) in [5.74, 6) is 0. The molecule has 13 heavy (non-hydrogen) atoms. The van der Waals surface area contributed by atoms with E-state index in [1.807, 2.05) is 35.9 Å². The van der Waals surface area contributed by atoms with Crippen molar-refractivity contribution in [3.05, 3.63) is 47.5 Å². The molecule has 0 aliphatic heterocycles. The maximum absolute atomic E-state index is 5.72. The Kier molecular flexibility index (Phi) is 2.07. The molecule has 1 aromatic heterocycles. The topological polar surface area (TPSA) is 17.8 Å². The molecule has 0 aliphatic carbocycles. The minimum atomic E-state index is 0.626. The number of imidazole rings is 1. The largest absolute Gasteiger partial charge is 0.306 e. The van der Waals surface area contributed by atoms with E-state index >= 15 is 0 Å². The van der Waals surface area contributed by atoms with Gasteiger partial charge in [0.05, 0.1) is 12.0 Å². The summed E-state index contributed by atoms with van der Waals surface area (Å²) >= 11 is 5.72. The van der Waals surface area contributed by atoms with Gasteiger partial charge in [0.15, 0.2) is 0 Å². The Morgan fingerprint density at radius 2 is 2.31 bits per heavy atom. The summed E-state index contributed by atoms with van der Waals surface area (Å²) in [6.45, 7) is 1.95. The minimum Gasteiger partial charge on any atom is -0.306 e. The van der Waals surface area contributed by atoms with Crippen molar-refractivity contribution in [1.29, 1.82) is 0 Å². The average Bonchev–Trinajstić information content (AvgIpc) is 2.53. The van der Waals surface area contributed by atoms with Crippen LogP contribution in [-0.2, 0) is 0 Å². The molecule has 0 saturated carbocycles. The van der Waals surface area contributed by atoms with Crippen LogP contribution in [0.4, 0.5) is 0 Å². The first kappa shape index (κ1) is 8.32. The maximum Gasteiger partial charge on any atom is 0.0995 e. The third-order valence-corrected chi connectivity index (χ3v) is 2.00. The summed E-state index contributed by atoms with van der Waals surface area (Å²) in [6.07, 6.45) is 3.73. The molecule has 0 amide bonds. The molecule has 65 valence electrons. The van der Waals surface area contributed by atoms with E-state index in [1.54, 1.807) is 6.33 Å². The standard InChI is InChI=1S/C10H8ClN2/c1-8-6-13(7-12-8)10-4-2-9(11)3-5-10/h2,4-7H,1H3. The van der Waals surface area contributed by atoms with E-state index in [4.69, 9.17) is 11.6 Å². The smallest absolute Gasteiger partial charge is 0.0995 e. The highest BCUT2D eigenvalue weighted by Gasteiger charge is 1.96. The molecule has 0 bridgehead atoms. The first-order chi connectivity index (χ1) is 6.25. The second kappa shape index (κ2) is 3.23. The molecule has 1 radical (unpaired) electrons. The van der Waals surface area contributed by atoms with Gasteiger partial charge in [0, 0.05) is 23.0 Å². The zero-order valence-corrected chi connectivity index (χ0v) is 7.92. The summed E-state index contributed by atoms with van der Waals surface area (Å²) in [7, 11) is 0. The Hall–Kier alpha value is -1.28. The molecule has 1 aromatic carbocycles. The normalized spacial score (nSPS) is 10.3. The summed E-state index contributed by atoms with van der Waals surface area (Å²) < 4.78 is 1.93. The zero-order valence-electron chi connectivity index (χ0n) is 7.16. The van der Waals surface area contributed by atoms with E-state index in [0.717, 1.165) is 11.4 Å². The number of nitrogens with zero attached hydrogens (tertiary/aromatic N) is 2. The van der Waals surface area contributed by atoms with E-state index in [1.165, 1.54) is 0 Å². The third-order valence-electron chi connectivity index (χ3n) is 1.77. The van der Waals surface area contributed by atoms with Crippen molar-refractivity contribution in [3.8, 4) is 5.69 Å². The van der Waals surface area contributed by atoms with E-state index in [2.05, 4.69) is 11.1 Å². The fraction of sp³-hybridized carbons (Fsp3) is 0.100. The number of rotatable bonds is 1. The summed E-state index contributed by atoms with van der Waals surface area (Å²) in [6, 6.07) is 8.50. The second-order valence-corrected chi connectivity index (χ2v) is 3.22. The monoisotopic (exact) mass is 191 g/mol. The molecular weight excluding hydrogens is 184 g/mol. The van der Waals surface area contributed by atoms with Crippen LogP contribution in [0.3, 0.4) is 0 Å². The molecule has 2 nitrogen and oxygen atoms in total. The van der Waals surface area contributed by atoms with Crippen LogP contribution in [0.5, 0.6) is 0 Å². The molecule has 0 saturated heterocycles. The molecule has 0 fully saturated rings. The lowest BCUT2D eigenvalue weighted by atomic mass is 10.3. The molecule has 2 rings (SSSR count). The summed E-state index contributed by atoms with van der Waals surface area (Å²) in [4.78, 5) is 4.13. The zero-order chi connectivity index (χ0) is 9.26. The van der Waals surface area contributed by atoms with Gasteiger partial charge in [-0.1, -0.05) is 11.6 Å². The Balaban J connectivity index is 2.41. The quantitative estimate of drug-likeness (QED) is 0.678. The molecule has 0 atom stereocenters. The molecule has 2 aromatic rings. The highest BCUT2D eigenvalue weighted by atomic mass is 35.5. The first-order valence-corrected chi connectivity index (χ1v) is 4.32. The Labute approximate surface area is 81.8 Å². The maximum atomic E-state index is 5.72. The van der Waals surface area contributed by atoms with Crippen molar-refractivity contribution in [2.24, 2.45) is 0 Å². The lowest BCUT2D eigenvalue weighted by Crippen LogP contribution is -1.88. The van der Waals surface area contributed by atoms with Gasteiger partial charge in [0.1, 0.15) is 0 Å². The summed E-state index contributed by atoms with van der Waals surface area (Å²) in [5.41, 5.74) is 2.01. The van der Waals surface area contributed by atoms with Gasteiger partial charge in [-0.2, -0.15) is 0 Å². The van der Waals surface area contributed by atoms with Crippen molar-refractivity contribution in [3.63, 3.8) is 0 Å². The highest BCUT2D eigenvalue weighted by Crippen LogP contribution is 2.12.